The second-order valence-corrected chi connectivity index (χ2v) is 2.77. The molecule has 0 radical (unpaired) electrons. The number of nitrogens with zero attached hydrogens (tertiary/aromatic N) is 2. The fourth-order valence-corrected chi connectivity index (χ4v) is 0.987. The number of halogens is 1. The molecule has 0 N–H and O–H groups in total. The average Bonchev–Trinajstić information content (AvgIpc) is 2.19. The van der Waals surface area contributed by atoms with Gasteiger partial charge in [0.15, 0.2) is 5.69 Å². The van der Waals surface area contributed by atoms with Crippen LogP contribution < -0.4 is 0 Å². The number of nitriles is 1. The first-order chi connectivity index (χ1) is 6.69. The summed E-state index contributed by atoms with van der Waals surface area (Å²) in [6.45, 7) is 1.96. The Morgan fingerprint density at radius 2 is 2.43 bits per heavy atom. The monoisotopic (exact) mass is 210 g/mol. The van der Waals surface area contributed by atoms with E-state index < -0.39 is 5.97 Å². The minimum Gasteiger partial charge on any atom is -0.461 e. The normalized spacial score (nSPS) is 9.21. The van der Waals surface area contributed by atoms with E-state index in [1.54, 1.807) is 13.0 Å². The second kappa shape index (κ2) is 4.58. The predicted molar refractivity (Wildman–Crippen MR) is 49.9 cm³/mol. The molecule has 0 saturated carbocycles. The summed E-state index contributed by atoms with van der Waals surface area (Å²) >= 11 is 5.64. The van der Waals surface area contributed by atoms with Crippen molar-refractivity contribution in [2.75, 3.05) is 6.61 Å². The maximum absolute atomic E-state index is 11.2. The van der Waals surface area contributed by atoms with Gasteiger partial charge in [-0.15, -0.1) is 0 Å². The van der Waals surface area contributed by atoms with Gasteiger partial charge in [0, 0.05) is 0 Å². The largest absolute Gasteiger partial charge is 0.461 e. The van der Waals surface area contributed by atoms with Crippen molar-refractivity contribution >= 4 is 17.6 Å². The summed E-state index contributed by atoms with van der Waals surface area (Å²) in [4.78, 5) is 14.9. The van der Waals surface area contributed by atoms with E-state index in [1.165, 1.54) is 12.1 Å². The van der Waals surface area contributed by atoms with Crippen molar-refractivity contribution in [1.29, 1.82) is 5.26 Å². The van der Waals surface area contributed by atoms with Crippen LogP contribution >= 0.6 is 11.6 Å². The average molecular weight is 211 g/mol. The van der Waals surface area contributed by atoms with Gasteiger partial charge < -0.3 is 4.74 Å². The number of carbonyl (C=O) groups is 1. The molecule has 0 aliphatic rings. The molecule has 4 nitrogen and oxygen atoms in total. The molecular weight excluding hydrogens is 204 g/mol. The lowest BCUT2D eigenvalue weighted by Crippen LogP contribution is -2.07. The van der Waals surface area contributed by atoms with Crippen LogP contribution in [0.5, 0.6) is 0 Å². The third kappa shape index (κ3) is 2.21. The van der Waals surface area contributed by atoms with Crippen molar-refractivity contribution < 1.29 is 9.53 Å². The lowest BCUT2D eigenvalue weighted by molar-refractivity contribution is 0.0519. The van der Waals surface area contributed by atoms with E-state index in [9.17, 15) is 4.79 Å². The van der Waals surface area contributed by atoms with Crippen LogP contribution in [0.3, 0.4) is 0 Å². The van der Waals surface area contributed by atoms with Gasteiger partial charge in [-0.3, -0.25) is 0 Å². The topological polar surface area (TPSA) is 63.0 Å². The zero-order valence-electron chi connectivity index (χ0n) is 7.45. The first-order valence-corrected chi connectivity index (χ1v) is 4.30. The molecule has 72 valence electrons. The van der Waals surface area contributed by atoms with Gasteiger partial charge in [0.1, 0.15) is 11.8 Å². The lowest BCUT2D eigenvalue weighted by atomic mass is 10.3. The molecule has 0 fully saturated rings. The van der Waals surface area contributed by atoms with Crippen LogP contribution in [0.1, 0.15) is 23.1 Å². The Hall–Kier alpha value is -1.60. The number of pyridine rings is 1. The molecule has 1 heterocycles. The van der Waals surface area contributed by atoms with E-state index >= 15 is 0 Å². The number of esters is 1. The SMILES string of the molecule is CCOC(=O)c1ccc(Cl)c(C#N)n1. The van der Waals surface area contributed by atoms with Crippen molar-refractivity contribution in [2.45, 2.75) is 6.92 Å². The summed E-state index contributed by atoms with van der Waals surface area (Å²) in [5, 5.41) is 8.83. The van der Waals surface area contributed by atoms with Crippen LogP contribution in [-0.2, 0) is 4.74 Å². The number of hydrogen-bond donors (Lipinski definition) is 0. The Kier molecular flexibility index (Phi) is 3.43. The second-order valence-electron chi connectivity index (χ2n) is 2.36. The van der Waals surface area contributed by atoms with E-state index in [0.29, 0.717) is 0 Å². The van der Waals surface area contributed by atoms with E-state index in [0.717, 1.165) is 0 Å². The van der Waals surface area contributed by atoms with Gasteiger partial charge in [-0.05, 0) is 19.1 Å². The van der Waals surface area contributed by atoms with E-state index in [1.807, 2.05) is 0 Å². The van der Waals surface area contributed by atoms with Crippen molar-refractivity contribution in [2.24, 2.45) is 0 Å². The summed E-state index contributed by atoms with van der Waals surface area (Å²) in [6.07, 6.45) is 0. The molecule has 5 heteroatoms. The van der Waals surface area contributed by atoms with E-state index in [-0.39, 0.29) is 23.0 Å². The summed E-state index contributed by atoms with van der Waals surface area (Å²) in [5.41, 5.74) is 0.116. The number of hydrogen-bond acceptors (Lipinski definition) is 4. The molecule has 0 saturated heterocycles. The zero-order valence-corrected chi connectivity index (χ0v) is 8.21. The molecular formula is C9H7ClN2O2. The molecule has 0 aliphatic carbocycles. The third-order valence-electron chi connectivity index (χ3n) is 1.44. The van der Waals surface area contributed by atoms with Crippen molar-refractivity contribution in [1.82, 2.24) is 4.98 Å². The minimum atomic E-state index is -0.555. The number of carbonyl (C=O) groups excluding carboxylic acids is 1. The molecule has 14 heavy (non-hydrogen) atoms. The van der Waals surface area contributed by atoms with Crippen LogP contribution in [-0.4, -0.2) is 17.6 Å². The van der Waals surface area contributed by atoms with Crippen molar-refractivity contribution in [3.05, 3.63) is 28.5 Å². The van der Waals surface area contributed by atoms with Gasteiger partial charge in [-0.1, -0.05) is 11.6 Å². The van der Waals surface area contributed by atoms with Gasteiger partial charge in [0.05, 0.1) is 11.6 Å². The van der Waals surface area contributed by atoms with Gasteiger partial charge in [-0.25, -0.2) is 9.78 Å². The minimum absolute atomic E-state index is 0.0252. The lowest BCUT2D eigenvalue weighted by Gasteiger charge is -2.01. The van der Waals surface area contributed by atoms with Gasteiger partial charge in [0.2, 0.25) is 0 Å². The molecule has 1 aromatic rings. The predicted octanol–water partition coefficient (Wildman–Crippen LogP) is 1.78. The molecule has 1 aromatic heterocycles. The maximum Gasteiger partial charge on any atom is 0.356 e. The Morgan fingerprint density at radius 3 is 3.00 bits per heavy atom. The summed E-state index contributed by atoms with van der Waals surface area (Å²) < 4.78 is 4.71. The Bertz CT molecular complexity index is 398. The first-order valence-electron chi connectivity index (χ1n) is 3.92. The Morgan fingerprint density at radius 1 is 1.71 bits per heavy atom. The highest BCUT2D eigenvalue weighted by atomic mass is 35.5. The molecule has 0 unspecified atom stereocenters. The first kappa shape index (κ1) is 10.5. The van der Waals surface area contributed by atoms with Gasteiger partial charge in [-0.2, -0.15) is 5.26 Å². The molecule has 0 spiro atoms. The fraction of sp³-hybridized carbons (Fsp3) is 0.222. The van der Waals surface area contributed by atoms with Crippen LogP contribution in [0.25, 0.3) is 0 Å². The summed E-state index contributed by atoms with van der Waals surface area (Å²) in [5.74, 6) is -0.555. The highest BCUT2D eigenvalue weighted by Crippen LogP contribution is 2.13. The number of ether oxygens (including phenoxy) is 1. The smallest absolute Gasteiger partial charge is 0.356 e. The molecule has 0 atom stereocenters. The van der Waals surface area contributed by atoms with Gasteiger partial charge >= 0.3 is 5.97 Å². The molecule has 0 amide bonds. The van der Waals surface area contributed by atoms with Crippen molar-refractivity contribution in [3.8, 4) is 6.07 Å². The zero-order chi connectivity index (χ0) is 10.6. The number of aromatic nitrogens is 1. The van der Waals surface area contributed by atoms with Gasteiger partial charge in [0.25, 0.3) is 0 Å². The van der Waals surface area contributed by atoms with E-state index in [4.69, 9.17) is 21.6 Å². The molecule has 1 rings (SSSR count). The molecule has 0 aliphatic heterocycles. The van der Waals surface area contributed by atoms with Crippen LogP contribution in [0, 0.1) is 11.3 Å². The maximum atomic E-state index is 11.2. The molecule has 0 bridgehead atoms. The van der Waals surface area contributed by atoms with E-state index in [2.05, 4.69) is 4.98 Å². The van der Waals surface area contributed by atoms with Crippen LogP contribution in [0.15, 0.2) is 12.1 Å². The Balaban J connectivity index is 3.02. The van der Waals surface area contributed by atoms with Crippen molar-refractivity contribution in [3.63, 3.8) is 0 Å². The quantitative estimate of drug-likeness (QED) is 0.698. The highest BCUT2D eigenvalue weighted by Gasteiger charge is 2.10. The Labute approximate surface area is 86.1 Å². The number of rotatable bonds is 2. The highest BCUT2D eigenvalue weighted by molar-refractivity contribution is 6.31. The standard InChI is InChI=1S/C9H7ClN2O2/c1-2-14-9(13)7-4-3-6(10)8(5-11)12-7/h3-4H,2H2,1H3. The summed E-state index contributed by atoms with van der Waals surface area (Å²) in [7, 11) is 0. The van der Waals surface area contributed by atoms with Crippen LogP contribution in [0.2, 0.25) is 5.02 Å². The van der Waals surface area contributed by atoms with Crippen LogP contribution in [0.4, 0.5) is 0 Å². The fourth-order valence-electron chi connectivity index (χ4n) is 0.839. The third-order valence-corrected chi connectivity index (χ3v) is 1.74. The molecule has 0 aromatic carbocycles. The summed E-state index contributed by atoms with van der Waals surface area (Å²) in [6, 6.07) is 4.64.